The first-order valence-electron chi connectivity index (χ1n) is 4.70. The van der Waals surface area contributed by atoms with Crippen molar-refractivity contribution in [3.63, 3.8) is 0 Å². The van der Waals surface area contributed by atoms with Crippen molar-refractivity contribution in [2.45, 2.75) is 18.6 Å². The summed E-state index contributed by atoms with van der Waals surface area (Å²) in [6, 6.07) is -0.966. The lowest BCUT2D eigenvalue weighted by Gasteiger charge is -2.12. The second kappa shape index (κ2) is 5.13. The molecule has 1 aromatic rings. The van der Waals surface area contributed by atoms with E-state index in [1.165, 1.54) is 6.08 Å². The predicted molar refractivity (Wildman–Crippen MR) is 56.3 cm³/mol. The van der Waals surface area contributed by atoms with Crippen molar-refractivity contribution in [2.24, 2.45) is 5.73 Å². The number of nitrogens with two attached hydrogens (primary N) is 2. The van der Waals surface area contributed by atoms with Crippen LogP contribution in [0.2, 0.25) is 0 Å². The highest BCUT2D eigenvalue weighted by Gasteiger charge is 2.35. The van der Waals surface area contributed by atoms with Gasteiger partial charge in [-0.3, -0.25) is 0 Å². The molecule has 1 atom stereocenters. The number of pyridine rings is 1. The lowest BCUT2D eigenvalue weighted by atomic mass is 10.1. The molecule has 1 aromatic heterocycles. The number of aromatic nitrogens is 1. The third-order valence-corrected chi connectivity index (χ3v) is 2.01. The fourth-order valence-electron chi connectivity index (χ4n) is 1.05. The van der Waals surface area contributed by atoms with E-state index in [-0.39, 0.29) is 11.4 Å². The highest BCUT2D eigenvalue weighted by Crippen LogP contribution is 2.21. The van der Waals surface area contributed by atoms with Crippen molar-refractivity contribution < 1.29 is 17.6 Å². The molecular formula is C10H11F4N3. The number of alkyl halides is 3. The van der Waals surface area contributed by atoms with E-state index in [1.807, 2.05) is 0 Å². The zero-order valence-electron chi connectivity index (χ0n) is 8.71. The topological polar surface area (TPSA) is 64.9 Å². The van der Waals surface area contributed by atoms with Crippen LogP contribution in [0, 0.1) is 5.82 Å². The van der Waals surface area contributed by atoms with Crippen LogP contribution < -0.4 is 11.5 Å². The molecule has 94 valence electrons. The van der Waals surface area contributed by atoms with Crippen LogP contribution in [0.15, 0.2) is 18.3 Å². The van der Waals surface area contributed by atoms with Gasteiger partial charge in [0.2, 0.25) is 0 Å². The number of nitrogen functional groups attached to an aromatic ring is 1. The molecule has 0 saturated carbocycles. The van der Waals surface area contributed by atoms with Gasteiger partial charge in [-0.2, -0.15) is 13.2 Å². The maximum absolute atomic E-state index is 13.2. The average molecular weight is 249 g/mol. The van der Waals surface area contributed by atoms with Gasteiger partial charge in [0.05, 0.1) is 0 Å². The molecule has 1 heterocycles. The maximum atomic E-state index is 13.2. The summed E-state index contributed by atoms with van der Waals surface area (Å²) in [5.41, 5.74) is 10.2. The predicted octanol–water partition coefficient (Wildman–Crippen LogP) is 2.10. The van der Waals surface area contributed by atoms with Crippen molar-refractivity contribution in [1.29, 1.82) is 0 Å². The molecule has 17 heavy (non-hydrogen) atoms. The van der Waals surface area contributed by atoms with Crippen LogP contribution in [-0.4, -0.2) is 17.2 Å². The van der Waals surface area contributed by atoms with E-state index in [2.05, 4.69) is 4.98 Å². The molecule has 0 aliphatic rings. The Morgan fingerprint density at radius 2 is 2.06 bits per heavy atom. The summed E-state index contributed by atoms with van der Waals surface area (Å²) in [6.07, 6.45) is -1.41. The van der Waals surface area contributed by atoms with Crippen molar-refractivity contribution in [3.05, 3.63) is 29.7 Å². The summed E-state index contributed by atoms with van der Waals surface area (Å²) < 4.78 is 49.3. The molecule has 1 rings (SSSR count). The Balaban J connectivity index is 2.66. The lowest BCUT2D eigenvalue weighted by molar-refractivity contribution is -0.146. The second-order valence-corrected chi connectivity index (χ2v) is 3.42. The molecule has 0 bridgehead atoms. The smallest absolute Gasteiger partial charge is 0.384 e. The molecule has 0 aliphatic heterocycles. The van der Waals surface area contributed by atoms with Crippen LogP contribution in [0.5, 0.6) is 0 Å². The van der Waals surface area contributed by atoms with Crippen molar-refractivity contribution in [3.8, 4) is 0 Å². The van der Waals surface area contributed by atoms with Gasteiger partial charge in [-0.1, -0.05) is 12.2 Å². The van der Waals surface area contributed by atoms with E-state index in [1.54, 1.807) is 0 Å². The van der Waals surface area contributed by atoms with E-state index >= 15 is 0 Å². The van der Waals surface area contributed by atoms with Crippen molar-refractivity contribution in [2.75, 3.05) is 5.73 Å². The standard InChI is InChI=1S/C10H11F4N3/c11-7-4-9(16)17-5-6(7)2-1-3-8(15)10(12,13)14/h1-2,4-5,8H,3,15H2,(H2,16,17)/b2-1+/t8-/m1/s1. The van der Waals surface area contributed by atoms with Gasteiger partial charge in [0.1, 0.15) is 17.7 Å². The molecule has 0 unspecified atom stereocenters. The molecule has 0 aromatic carbocycles. The van der Waals surface area contributed by atoms with Gasteiger partial charge < -0.3 is 11.5 Å². The third-order valence-electron chi connectivity index (χ3n) is 2.01. The summed E-state index contributed by atoms with van der Waals surface area (Å²) >= 11 is 0. The van der Waals surface area contributed by atoms with Gasteiger partial charge in [-0.15, -0.1) is 0 Å². The van der Waals surface area contributed by atoms with E-state index in [0.717, 1.165) is 18.3 Å². The molecule has 0 aliphatic carbocycles. The summed E-state index contributed by atoms with van der Waals surface area (Å²) in [5.74, 6) is -0.638. The Labute approximate surface area is 95.1 Å². The molecule has 0 amide bonds. The summed E-state index contributed by atoms with van der Waals surface area (Å²) in [4.78, 5) is 3.62. The van der Waals surface area contributed by atoms with Gasteiger partial charge >= 0.3 is 6.18 Å². The van der Waals surface area contributed by atoms with Crippen LogP contribution in [0.1, 0.15) is 12.0 Å². The number of nitrogens with zero attached hydrogens (tertiary/aromatic N) is 1. The minimum Gasteiger partial charge on any atom is -0.384 e. The van der Waals surface area contributed by atoms with Crippen LogP contribution in [-0.2, 0) is 0 Å². The van der Waals surface area contributed by atoms with Gasteiger partial charge in [0.15, 0.2) is 0 Å². The van der Waals surface area contributed by atoms with E-state index in [0.29, 0.717) is 0 Å². The highest BCUT2D eigenvalue weighted by atomic mass is 19.4. The molecule has 0 fully saturated rings. The SMILES string of the molecule is Nc1cc(F)c(/C=C/C[C@@H](N)C(F)(F)F)cn1. The van der Waals surface area contributed by atoms with E-state index in [4.69, 9.17) is 11.5 Å². The normalized spacial score (nSPS) is 14.2. The first kappa shape index (κ1) is 13.4. The zero-order valence-corrected chi connectivity index (χ0v) is 8.71. The molecule has 3 nitrogen and oxygen atoms in total. The number of rotatable bonds is 3. The number of anilines is 1. The summed E-state index contributed by atoms with van der Waals surface area (Å²) in [6.45, 7) is 0. The quantitative estimate of drug-likeness (QED) is 0.806. The molecule has 0 spiro atoms. The Morgan fingerprint density at radius 1 is 1.41 bits per heavy atom. The van der Waals surface area contributed by atoms with Gasteiger partial charge in [0, 0.05) is 17.8 Å². The van der Waals surface area contributed by atoms with Crippen molar-refractivity contribution in [1.82, 2.24) is 4.98 Å². The number of hydrogen-bond donors (Lipinski definition) is 2. The zero-order chi connectivity index (χ0) is 13.1. The third kappa shape index (κ3) is 4.03. The van der Waals surface area contributed by atoms with Crippen LogP contribution in [0.4, 0.5) is 23.4 Å². The van der Waals surface area contributed by atoms with Gasteiger partial charge in [0.25, 0.3) is 0 Å². The van der Waals surface area contributed by atoms with Crippen molar-refractivity contribution >= 4 is 11.9 Å². The molecule has 0 saturated heterocycles. The summed E-state index contributed by atoms with van der Waals surface area (Å²) in [5, 5.41) is 0. The Morgan fingerprint density at radius 3 is 2.59 bits per heavy atom. The number of halogens is 4. The molecule has 0 radical (unpaired) electrons. The van der Waals surface area contributed by atoms with Crippen LogP contribution in [0.3, 0.4) is 0 Å². The fourth-order valence-corrected chi connectivity index (χ4v) is 1.05. The molecule has 4 N–H and O–H groups in total. The fraction of sp³-hybridized carbons (Fsp3) is 0.300. The van der Waals surface area contributed by atoms with E-state index < -0.39 is 24.5 Å². The molecule has 7 heteroatoms. The maximum Gasteiger partial charge on any atom is 0.403 e. The lowest BCUT2D eigenvalue weighted by Crippen LogP contribution is -2.36. The Hall–Kier alpha value is -1.63. The first-order chi connectivity index (χ1) is 7.80. The Kier molecular flexibility index (Phi) is 4.06. The number of hydrogen-bond acceptors (Lipinski definition) is 3. The largest absolute Gasteiger partial charge is 0.403 e. The summed E-state index contributed by atoms with van der Waals surface area (Å²) in [7, 11) is 0. The van der Waals surface area contributed by atoms with Gasteiger partial charge in [-0.25, -0.2) is 9.37 Å². The average Bonchev–Trinajstić information content (AvgIpc) is 2.19. The first-order valence-corrected chi connectivity index (χ1v) is 4.70. The molecular weight excluding hydrogens is 238 g/mol. The van der Waals surface area contributed by atoms with E-state index in [9.17, 15) is 17.6 Å². The van der Waals surface area contributed by atoms with Crippen LogP contribution in [0.25, 0.3) is 6.08 Å². The van der Waals surface area contributed by atoms with Gasteiger partial charge in [-0.05, 0) is 6.42 Å². The van der Waals surface area contributed by atoms with Crippen LogP contribution >= 0.6 is 0 Å². The second-order valence-electron chi connectivity index (χ2n) is 3.42. The minimum absolute atomic E-state index is 0.00615. The monoisotopic (exact) mass is 249 g/mol. The highest BCUT2D eigenvalue weighted by molar-refractivity contribution is 5.50. The Bertz CT molecular complexity index is 415. The minimum atomic E-state index is -4.46.